The lowest BCUT2D eigenvalue weighted by molar-refractivity contribution is 0.293. The molecule has 0 radical (unpaired) electrons. The molecule has 0 bridgehead atoms. The molecule has 0 spiro atoms. The summed E-state index contributed by atoms with van der Waals surface area (Å²) in [6.45, 7) is 0.775. The van der Waals surface area contributed by atoms with Gasteiger partial charge in [0, 0.05) is 19.0 Å². The van der Waals surface area contributed by atoms with Crippen LogP contribution in [0.3, 0.4) is 0 Å². The van der Waals surface area contributed by atoms with E-state index in [1.807, 2.05) is 12.1 Å². The van der Waals surface area contributed by atoms with Crippen molar-refractivity contribution in [3.05, 3.63) is 35.6 Å². The van der Waals surface area contributed by atoms with Gasteiger partial charge in [-0.2, -0.15) is 5.26 Å². The van der Waals surface area contributed by atoms with Crippen LogP contribution in [-0.2, 0) is 0 Å². The van der Waals surface area contributed by atoms with Crippen molar-refractivity contribution in [2.24, 2.45) is 0 Å². The van der Waals surface area contributed by atoms with Crippen molar-refractivity contribution < 1.29 is 4.39 Å². The second-order valence-electron chi connectivity index (χ2n) is 4.28. The van der Waals surface area contributed by atoms with Gasteiger partial charge in [0.1, 0.15) is 5.82 Å². The molecule has 0 atom stereocenters. The first kappa shape index (κ1) is 11.1. The Morgan fingerprint density at radius 1 is 1.31 bits per heavy atom. The Balaban J connectivity index is 1.76. The van der Waals surface area contributed by atoms with Crippen molar-refractivity contribution >= 4 is 0 Å². The average Bonchev–Trinajstić information content (AvgIpc) is 2.23. The van der Waals surface area contributed by atoms with Gasteiger partial charge in [-0.25, -0.2) is 4.39 Å². The highest BCUT2D eigenvalue weighted by molar-refractivity contribution is 5.23. The van der Waals surface area contributed by atoms with E-state index >= 15 is 0 Å². The Kier molecular flexibility index (Phi) is 3.53. The standard InChI is InChI=1S/C13H15FN2/c14-12-4-2-10(3-5-12)11-8-13(9-11)16-7-1-6-15/h2-5,11,13,16H,1,7-9H2. The second-order valence-corrected chi connectivity index (χ2v) is 4.28. The van der Waals surface area contributed by atoms with Gasteiger partial charge in [0.25, 0.3) is 0 Å². The Morgan fingerprint density at radius 2 is 2.00 bits per heavy atom. The van der Waals surface area contributed by atoms with E-state index < -0.39 is 0 Å². The van der Waals surface area contributed by atoms with Crippen LogP contribution in [0, 0.1) is 17.1 Å². The second kappa shape index (κ2) is 5.09. The fraction of sp³-hybridized carbons (Fsp3) is 0.462. The fourth-order valence-electron chi connectivity index (χ4n) is 2.12. The third-order valence-electron chi connectivity index (χ3n) is 3.15. The normalized spacial score (nSPS) is 23.5. The van der Waals surface area contributed by atoms with Gasteiger partial charge in [0.2, 0.25) is 0 Å². The van der Waals surface area contributed by atoms with Gasteiger partial charge in [-0.3, -0.25) is 0 Å². The summed E-state index contributed by atoms with van der Waals surface area (Å²) in [4.78, 5) is 0. The maximum absolute atomic E-state index is 12.7. The minimum Gasteiger partial charge on any atom is -0.313 e. The van der Waals surface area contributed by atoms with Crippen LogP contribution in [-0.4, -0.2) is 12.6 Å². The molecule has 0 unspecified atom stereocenters. The Bertz CT molecular complexity index is 374. The molecule has 1 N–H and O–H groups in total. The summed E-state index contributed by atoms with van der Waals surface area (Å²) in [5.74, 6) is 0.381. The lowest BCUT2D eigenvalue weighted by Gasteiger charge is -2.36. The van der Waals surface area contributed by atoms with Crippen LogP contribution >= 0.6 is 0 Å². The van der Waals surface area contributed by atoms with E-state index in [2.05, 4.69) is 11.4 Å². The molecule has 0 aliphatic heterocycles. The monoisotopic (exact) mass is 218 g/mol. The Hall–Kier alpha value is -1.40. The number of hydrogen-bond donors (Lipinski definition) is 1. The highest BCUT2D eigenvalue weighted by atomic mass is 19.1. The average molecular weight is 218 g/mol. The summed E-state index contributed by atoms with van der Waals surface area (Å²) < 4.78 is 12.7. The van der Waals surface area contributed by atoms with Crippen molar-refractivity contribution in [3.8, 4) is 6.07 Å². The van der Waals surface area contributed by atoms with Crippen molar-refractivity contribution in [1.82, 2.24) is 5.32 Å². The first-order valence-electron chi connectivity index (χ1n) is 5.65. The number of halogens is 1. The molecule has 0 amide bonds. The van der Waals surface area contributed by atoms with Gasteiger partial charge in [-0.15, -0.1) is 0 Å². The van der Waals surface area contributed by atoms with E-state index in [1.54, 1.807) is 0 Å². The van der Waals surface area contributed by atoms with E-state index in [0.717, 1.165) is 19.4 Å². The van der Waals surface area contributed by atoms with E-state index in [1.165, 1.54) is 17.7 Å². The number of hydrogen-bond acceptors (Lipinski definition) is 2. The summed E-state index contributed by atoms with van der Waals surface area (Å²) in [7, 11) is 0. The molecule has 3 heteroatoms. The maximum Gasteiger partial charge on any atom is 0.123 e. The summed E-state index contributed by atoms with van der Waals surface area (Å²) in [6, 6.07) is 9.42. The van der Waals surface area contributed by atoms with E-state index in [0.29, 0.717) is 18.4 Å². The topological polar surface area (TPSA) is 35.8 Å². The van der Waals surface area contributed by atoms with Crippen LogP contribution in [0.2, 0.25) is 0 Å². The molecule has 1 aromatic carbocycles. The number of nitrogens with zero attached hydrogens (tertiary/aromatic N) is 1. The van der Waals surface area contributed by atoms with Gasteiger partial charge in [0.05, 0.1) is 6.07 Å². The quantitative estimate of drug-likeness (QED) is 0.788. The van der Waals surface area contributed by atoms with E-state index in [-0.39, 0.29) is 5.82 Å². The molecule has 16 heavy (non-hydrogen) atoms. The molecule has 1 aliphatic rings. The lowest BCUT2D eigenvalue weighted by atomic mass is 9.76. The molecule has 2 nitrogen and oxygen atoms in total. The summed E-state index contributed by atoms with van der Waals surface area (Å²) >= 11 is 0. The third kappa shape index (κ3) is 2.59. The molecule has 0 heterocycles. The molecule has 2 rings (SSSR count). The summed E-state index contributed by atoms with van der Waals surface area (Å²) in [5.41, 5.74) is 1.22. The zero-order valence-electron chi connectivity index (χ0n) is 9.12. The molecular formula is C13H15FN2. The van der Waals surface area contributed by atoms with Crippen LogP contribution in [0.4, 0.5) is 4.39 Å². The first-order chi connectivity index (χ1) is 7.79. The SMILES string of the molecule is N#CCCNC1CC(c2ccc(F)cc2)C1. The number of nitrogens with one attached hydrogen (secondary N) is 1. The molecule has 1 aromatic rings. The Morgan fingerprint density at radius 3 is 2.62 bits per heavy atom. The van der Waals surface area contributed by atoms with Gasteiger partial charge >= 0.3 is 0 Å². The predicted octanol–water partition coefficient (Wildman–Crippen LogP) is 2.57. The van der Waals surface area contributed by atoms with Gasteiger partial charge in [-0.1, -0.05) is 12.1 Å². The van der Waals surface area contributed by atoms with Crippen LogP contribution in [0.5, 0.6) is 0 Å². The molecular weight excluding hydrogens is 203 g/mol. The Labute approximate surface area is 95.1 Å². The van der Waals surface area contributed by atoms with Crippen LogP contribution in [0.25, 0.3) is 0 Å². The molecule has 1 fully saturated rings. The zero-order valence-corrected chi connectivity index (χ0v) is 9.12. The third-order valence-corrected chi connectivity index (χ3v) is 3.15. The fourth-order valence-corrected chi connectivity index (χ4v) is 2.12. The minimum atomic E-state index is -0.174. The van der Waals surface area contributed by atoms with Crippen molar-refractivity contribution in [1.29, 1.82) is 5.26 Å². The molecule has 0 saturated heterocycles. The smallest absolute Gasteiger partial charge is 0.123 e. The largest absolute Gasteiger partial charge is 0.313 e. The maximum atomic E-state index is 12.7. The highest BCUT2D eigenvalue weighted by Crippen LogP contribution is 2.36. The van der Waals surface area contributed by atoms with Crippen molar-refractivity contribution in [2.75, 3.05) is 6.54 Å². The van der Waals surface area contributed by atoms with Crippen LogP contribution < -0.4 is 5.32 Å². The van der Waals surface area contributed by atoms with Gasteiger partial charge in [-0.05, 0) is 36.5 Å². The van der Waals surface area contributed by atoms with E-state index in [4.69, 9.17) is 5.26 Å². The van der Waals surface area contributed by atoms with Crippen molar-refractivity contribution in [2.45, 2.75) is 31.2 Å². The van der Waals surface area contributed by atoms with Crippen LogP contribution in [0.15, 0.2) is 24.3 Å². The van der Waals surface area contributed by atoms with Crippen LogP contribution in [0.1, 0.15) is 30.7 Å². The number of rotatable bonds is 4. The first-order valence-corrected chi connectivity index (χ1v) is 5.65. The summed E-state index contributed by atoms with van der Waals surface area (Å²) in [6.07, 6.45) is 2.76. The molecule has 0 aromatic heterocycles. The minimum absolute atomic E-state index is 0.174. The van der Waals surface area contributed by atoms with E-state index in [9.17, 15) is 4.39 Å². The lowest BCUT2D eigenvalue weighted by Crippen LogP contribution is -2.40. The molecule has 84 valence electrons. The number of nitriles is 1. The molecule has 1 aliphatic carbocycles. The highest BCUT2D eigenvalue weighted by Gasteiger charge is 2.29. The summed E-state index contributed by atoms with van der Waals surface area (Å²) in [5, 5.41) is 11.7. The van der Waals surface area contributed by atoms with Gasteiger partial charge in [0.15, 0.2) is 0 Å². The zero-order chi connectivity index (χ0) is 11.4. The van der Waals surface area contributed by atoms with Crippen molar-refractivity contribution in [3.63, 3.8) is 0 Å². The predicted molar refractivity (Wildman–Crippen MR) is 60.4 cm³/mol. The van der Waals surface area contributed by atoms with Gasteiger partial charge < -0.3 is 5.32 Å². The number of benzene rings is 1. The molecule has 1 saturated carbocycles.